The van der Waals surface area contributed by atoms with E-state index in [-0.39, 0.29) is 11.9 Å². The van der Waals surface area contributed by atoms with Crippen LogP contribution in [0.4, 0.5) is 0 Å². The quantitative estimate of drug-likeness (QED) is 0.269. The number of hydrogen-bond donors (Lipinski definition) is 5. The highest BCUT2D eigenvalue weighted by Crippen LogP contribution is 2.04. The Morgan fingerprint density at radius 1 is 1.03 bits per heavy atom. The van der Waals surface area contributed by atoms with Gasteiger partial charge < -0.3 is 16.8 Å². The van der Waals surface area contributed by atoms with Gasteiger partial charge >= 0.3 is 0 Å². The molecule has 1 amide bonds. The molecule has 0 bridgehead atoms. The second-order valence-corrected chi connectivity index (χ2v) is 9.39. The lowest BCUT2D eigenvalue weighted by molar-refractivity contribution is -0.123. The zero-order chi connectivity index (χ0) is 23.1. The molecular weight excluding hydrogens is 422 g/mol. The number of carbonyl (C=O) groups is 1. The lowest BCUT2D eigenvalue weighted by atomic mass is 10.1. The highest BCUT2D eigenvalue weighted by atomic mass is 32.2. The van der Waals surface area contributed by atoms with Crippen molar-refractivity contribution in [2.24, 2.45) is 11.5 Å². The lowest BCUT2D eigenvalue weighted by Crippen LogP contribution is -2.45. The summed E-state index contributed by atoms with van der Waals surface area (Å²) in [6, 6.07) is 9.78. The van der Waals surface area contributed by atoms with Gasteiger partial charge in [0.15, 0.2) is 0 Å². The summed E-state index contributed by atoms with van der Waals surface area (Å²) >= 11 is 0. The number of rotatable bonds is 8. The topological polar surface area (TPSA) is 190 Å². The number of hydrogen-bond acceptors (Lipinski definition) is 7. The van der Waals surface area contributed by atoms with Gasteiger partial charge in [0, 0.05) is 6.04 Å². The SMILES string of the molecule is CS(=O)(=O)O.CS(=O)(=O)O.C[C@@H](Cc1ccccc1)NC(=O)[C@H](N)CCCCN. The molecular formula is C17H33N3O7S2. The number of benzene rings is 1. The average Bonchev–Trinajstić information content (AvgIpc) is 2.52. The Hall–Kier alpha value is -1.57. The average molecular weight is 456 g/mol. The summed E-state index contributed by atoms with van der Waals surface area (Å²) in [7, 11) is -7.33. The summed E-state index contributed by atoms with van der Waals surface area (Å²) in [5.74, 6) is -0.0690. The van der Waals surface area contributed by atoms with Gasteiger partial charge in [0.05, 0.1) is 18.6 Å². The zero-order valence-corrected chi connectivity index (χ0v) is 18.6. The van der Waals surface area contributed by atoms with E-state index in [2.05, 4.69) is 17.4 Å². The first kappa shape index (κ1) is 29.6. The summed E-state index contributed by atoms with van der Waals surface area (Å²) < 4.78 is 51.7. The molecule has 2 atom stereocenters. The second kappa shape index (κ2) is 15.3. The van der Waals surface area contributed by atoms with Crippen molar-refractivity contribution >= 4 is 26.1 Å². The van der Waals surface area contributed by atoms with Crippen LogP contribution in [0.15, 0.2) is 30.3 Å². The standard InChI is InChI=1S/C15H25N3O.2CH4O3S/c1-12(11-13-7-3-2-4-8-13)18-15(19)14(17)9-5-6-10-16;2*1-5(2,3)4/h2-4,7-8,12,14H,5-6,9-11,16-17H2,1H3,(H,18,19);2*1H3,(H,2,3,4)/t12-,14+;;/m0../s1. The van der Waals surface area contributed by atoms with E-state index in [9.17, 15) is 21.6 Å². The molecule has 0 radical (unpaired) electrons. The maximum atomic E-state index is 11.9. The van der Waals surface area contributed by atoms with E-state index in [0.29, 0.717) is 25.5 Å². The smallest absolute Gasteiger partial charge is 0.261 e. The molecule has 170 valence electrons. The van der Waals surface area contributed by atoms with E-state index >= 15 is 0 Å². The first-order valence-electron chi connectivity index (χ1n) is 8.78. The third-order valence-corrected chi connectivity index (χ3v) is 3.08. The normalized spacial score (nSPS) is 13.1. The fraction of sp³-hybridized carbons (Fsp3) is 0.588. The minimum atomic E-state index is -3.67. The number of nitrogens with one attached hydrogen (secondary N) is 1. The van der Waals surface area contributed by atoms with Crippen LogP contribution in [0.3, 0.4) is 0 Å². The molecule has 0 aliphatic carbocycles. The van der Waals surface area contributed by atoms with Gasteiger partial charge in [-0.25, -0.2) is 0 Å². The number of nitrogens with two attached hydrogens (primary N) is 2. The monoisotopic (exact) mass is 455 g/mol. The molecule has 0 aliphatic heterocycles. The maximum absolute atomic E-state index is 11.9. The highest BCUT2D eigenvalue weighted by molar-refractivity contribution is 7.85. The number of amides is 1. The Bertz CT molecular complexity index is 723. The highest BCUT2D eigenvalue weighted by Gasteiger charge is 2.15. The van der Waals surface area contributed by atoms with E-state index < -0.39 is 26.3 Å². The Labute approximate surface area is 173 Å². The molecule has 1 aromatic rings. The first-order valence-corrected chi connectivity index (χ1v) is 12.5. The largest absolute Gasteiger partial charge is 0.352 e. The van der Waals surface area contributed by atoms with Gasteiger partial charge in [-0.3, -0.25) is 13.9 Å². The zero-order valence-electron chi connectivity index (χ0n) is 17.0. The van der Waals surface area contributed by atoms with Gasteiger partial charge in [0.25, 0.3) is 20.2 Å². The summed E-state index contributed by atoms with van der Waals surface area (Å²) in [4.78, 5) is 11.9. The van der Waals surface area contributed by atoms with Crippen molar-refractivity contribution in [2.75, 3.05) is 19.1 Å². The van der Waals surface area contributed by atoms with Crippen molar-refractivity contribution in [1.29, 1.82) is 0 Å². The summed E-state index contributed by atoms with van der Waals surface area (Å²) in [6.07, 6.45) is 4.77. The van der Waals surface area contributed by atoms with Crippen molar-refractivity contribution < 1.29 is 30.7 Å². The summed E-state index contributed by atoms with van der Waals surface area (Å²) in [6.45, 7) is 2.65. The molecule has 7 N–H and O–H groups in total. The summed E-state index contributed by atoms with van der Waals surface area (Å²) in [5, 5.41) is 2.96. The van der Waals surface area contributed by atoms with Gasteiger partial charge in [-0.2, -0.15) is 16.8 Å². The van der Waals surface area contributed by atoms with Crippen LogP contribution in [-0.2, 0) is 31.5 Å². The molecule has 0 spiro atoms. The van der Waals surface area contributed by atoms with Crippen molar-refractivity contribution in [3.8, 4) is 0 Å². The molecule has 0 fully saturated rings. The van der Waals surface area contributed by atoms with E-state index in [1.807, 2.05) is 25.1 Å². The molecule has 0 saturated carbocycles. The first-order chi connectivity index (χ1) is 13.1. The van der Waals surface area contributed by atoms with Crippen molar-refractivity contribution in [3.63, 3.8) is 0 Å². The molecule has 0 aromatic heterocycles. The van der Waals surface area contributed by atoms with Gasteiger partial charge in [-0.15, -0.1) is 0 Å². The predicted molar refractivity (Wildman–Crippen MR) is 114 cm³/mol. The van der Waals surface area contributed by atoms with Crippen LogP contribution < -0.4 is 16.8 Å². The van der Waals surface area contributed by atoms with Gasteiger partial charge in [-0.05, 0) is 38.3 Å². The van der Waals surface area contributed by atoms with E-state index in [4.69, 9.17) is 20.6 Å². The fourth-order valence-corrected chi connectivity index (χ4v) is 2.01. The molecule has 12 heteroatoms. The number of carbonyl (C=O) groups excluding carboxylic acids is 1. The minimum absolute atomic E-state index is 0.0690. The molecule has 10 nitrogen and oxygen atoms in total. The molecule has 1 rings (SSSR count). The molecule has 0 unspecified atom stereocenters. The van der Waals surface area contributed by atoms with Crippen LogP contribution in [0, 0.1) is 0 Å². The van der Waals surface area contributed by atoms with E-state index in [0.717, 1.165) is 19.3 Å². The molecule has 29 heavy (non-hydrogen) atoms. The summed E-state index contributed by atoms with van der Waals surface area (Å²) in [5.41, 5.74) is 12.5. The van der Waals surface area contributed by atoms with Gasteiger partial charge in [-0.1, -0.05) is 36.8 Å². The van der Waals surface area contributed by atoms with Gasteiger partial charge in [0.1, 0.15) is 0 Å². The third kappa shape index (κ3) is 28.7. The van der Waals surface area contributed by atoms with Crippen LogP contribution in [0.5, 0.6) is 0 Å². The maximum Gasteiger partial charge on any atom is 0.261 e. The molecule has 0 saturated heterocycles. The van der Waals surface area contributed by atoms with Crippen LogP contribution in [0.1, 0.15) is 31.7 Å². The predicted octanol–water partition coefficient (Wildman–Crippen LogP) is 0.198. The Morgan fingerprint density at radius 3 is 1.90 bits per heavy atom. The van der Waals surface area contributed by atoms with Crippen molar-refractivity contribution in [3.05, 3.63) is 35.9 Å². The Balaban J connectivity index is 0. The molecule has 0 aliphatic rings. The molecule has 0 heterocycles. The Kier molecular flexibility index (Phi) is 15.6. The minimum Gasteiger partial charge on any atom is -0.352 e. The van der Waals surface area contributed by atoms with Crippen LogP contribution in [-0.4, -0.2) is 63.0 Å². The van der Waals surface area contributed by atoms with Gasteiger partial charge in [0.2, 0.25) is 5.91 Å². The van der Waals surface area contributed by atoms with Crippen molar-refractivity contribution in [2.45, 2.75) is 44.7 Å². The van der Waals surface area contributed by atoms with E-state index in [1.54, 1.807) is 0 Å². The van der Waals surface area contributed by atoms with Crippen LogP contribution >= 0.6 is 0 Å². The Morgan fingerprint density at radius 2 is 1.48 bits per heavy atom. The fourth-order valence-electron chi connectivity index (χ4n) is 2.01. The van der Waals surface area contributed by atoms with Crippen LogP contribution in [0.2, 0.25) is 0 Å². The van der Waals surface area contributed by atoms with E-state index in [1.165, 1.54) is 5.56 Å². The lowest BCUT2D eigenvalue weighted by Gasteiger charge is -2.17. The van der Waals surface area contributed by atoms with Crippen LogP contribution in [0.25, 0.3) is 0 Å². The molecule has 1 aromatic carbocycles. The second-order valence-electron chi connectivity index (χ2n) is 6.46. The third-order valence-electron chi connectivity index (χ3n) is 3.08. The van der Waals surface area contributed by atoms with Crippen molar-refractivity contribution in [1.82, 2.24) is 5.32 Å². The number of unbranched alkanes of at least 4 members (excludes halogenated alkanes) is 1.